The SMILES string of the molecule is COCC(CO)NC(=O)c1cc(F)cnc1Cl. The number of aliphatic hydroxyl groups is 1. The molecule has 0 aromatic carbocycles. The molecule has 0 saturated heterocycles. The van der Waals surface area contributed by atoms with Crippen molar-refractivity contribution in [3.05, 3.63) is 28.8 Å². The molecule has 1 rings (SSSR count). The van der Waals surface area contributed by atoms with Crippen molar-refractivity contribution in [2.45, 2.75) is 6.04 Å². The Hall–Kier alpha value is -1.24. The fourth-order valence-electron chi connectivity index (χ4n) is 1.19. The first kappa shape index (κ1) is 13.8. The van der Waals surface area contributed by atoms with Crippen LogP contribution in [-0.2, 0) is 4.74 Å². The number of ether oxygens (including phenoxy) is 1. The van der Waals surface area contributed by atoms with Crippen LogP contribution in [0.15, 0.2) is 12.3 Å². The van der Waals surface area contributed by atoms with Gasteiger partial charge in [-0.3, -0.25) is 4.79 Å². The molecule has 0 saturated carbocycles. The predicted molar refractivity (Wildman–Crippen MR) is 59.4 cm³/mol. The van der Waals surface area contributed by atoms with Crippen LogP contribution >= 0.6 is 11.6 Å². The number of amides is 1. The van der Waals surface area contributed by atoms with Crippen molar-refractivity contribution in [1.82, 2.24) is 10.3 Å². The van der Waals surface area contributed by atoms with Crippen molar-refractivity contribution in [2.75, 3.05) is 20.3 Å². The second kappa shape index (κ2) is 6.48. The fourth-order valence-corrected chi connectivity index (χ4v) is 1.38. The Bertz CT molecular complexity index is 403. The van der Waals surface area contributed by atoms with Gasteiger partial charge in [-0.1, -0.05) is 11.6 Å². The molecular weight excluding hydrogens is 251 g/mol. The Morgan fingerprint density at radius 1 is 1.76 bits per heavy atom. The number of nitrogens with zero attached hydrogens (tertiary/aromatic N) is 1. The van der Waals surface area contributed by atoms with Gasteiger partial charge >= 0.3 is 0 Å². The number of carbonyl (C=O) groups is 1. The Balaban J connectivity index is 2.78. The summed E-state index contributed by atoms with van der Waals surface area (Å²) in [6.07, 6.45) is 0.914. The lowest BCUT2D eigenvalue weighted by atomic mass is 10.2. The highest BCUT2D eigenvalue weighted by Gasteiger charge is 2.16. The third-order valence-corrected chi connectivity index (χ3v) is 2.27. The van der Waals surface area contributed by atoms with E-state index in [9.17, 15) is 9.18 Å². The summed E-state index contributed by atoms with van der Waals surface area (Å²) in [5.74, 6) is -1.27. The molecule has 0 bridgehead atoms. The molecule has 5 nitrogen and oxygen atoms in total. The van der Waals surface area contributed by atoms with Crippen molar-refractivity contribution in [2.24, 2.45) is 0 Å². The Morgan fingerprint density at radius 3 is 3.06 bits per heavy atom. The van der Waals surface area contributed by atoms with Gasteiger partial charge in [0.05, 0.1) is 31.0 Å². The number of methoxy groups -OCH3 is 1. The van der Waals surface area contributed by atoms with Crippen molar-refractivity contribution < 1.29 is 19.0 Å². The van der Waals surface area contributed by atoms with Crippen LogP contribution in [0.2, 0.25) is 5.15 Å². The van der Waals surface area contributed by atoms with E-state index < -0.39 is 17.8 Å². The number of rotatable bonds is 5. The van der Waals surface area contributed by atoms with Crippen LogP contribution in [-0.4, -0.2) is 42.4 Å². The van der Waals surface area contributed by atoms with E-state index in [1.54, 1.807) is 0 Å². The molecule has 17 heavy (non-hydrogen) atoms. The molecule has 0 spiro atoms. The number of pyridine rings is 1. The van der Waals surface area contributed by atoms with Crippen LogP contribution in [0.25, 0.3) is 0 Å². The molecule has 94 valence electrons. The van der Waals surface area contributed by atoms with Crippen LogP contribution in [0.3, 0.4) is 0 Å². The molecule has 0 aliphatic heterocycles. The summed E-state index contributed by atoms with van der Waals surface area (Å²) in [4.78, 5) is 15.2. The number of nitrogens with one attached hydrogen (secondary N) is 1. The summed E-state index contributed by atoms with van der Waals surface area (Å²) in [5, 5.41) is 11.3. The van der Waals surface area contributed by atoms with Crippen LogP contribution < -0.4 is 5.32 Å². The molecule has 0 aliphatic carbocycles. The van der Waals surface area contributed by atoms with Gasteiger partial charge in [0.2, 0.25) is 0 Å². The number of hydrogen-bond donors (Lipinski definition) is 2. The molecule has 1 heterocycles. The predicted octanol–water partition coefficient (Wildman–Crippen LogP) is 0.611. The highest BCUT2D eigenvalue weighted by molar-refractivity contribution is 6.32. The lowest BCUT2D eigenvalue weighted by Crippen LogP contribution is -2.40. The Morgan fingerprint density at radius 2 is 2.47 bits per heavy atom. The second-order valence-electron chi connectivity index (χ2n) is 3.30. The maximum Gasteiger partial charge on any atom is 0.254 e. The topological polar surface area (TPSA) is 71.5 Å². The lowest BCUT2D eigenvalue weighted by molar-refractivity contribution is 0.0839. The van der Waals surface area contributed by atoms with E-state index in [0.29, 0.717) is 0 Å². The number of halogens is 2. The highest BCUT2D eigenvalue weighted by Crippen LogP contribution is 2.13. The van der Waals surface area contributed by atoms with Crippen LogP contribution in [0, 0.1) is 5.82 Å². The van der Waals surface area contributed by atoms with E-state index in [0.717, 1.165) is 12.3 Å². The molecule has 0 aliphatic rings. The molecule has 0 fully saturated rings. The van der Waals surface area contributed by atoms with Crippen molar-refractivity contribution in [3.63, 3.8) is 0 Å². The third-order valence-electron chi connectivity index (χ3n) is 1.97. The summed E-state index contributed by atoms with van der Waals surface area (Å²) in [6, 6.07) is 0.401. The van der Waals surface area contributed by atoms with Gasteiger partial charge in [-0.25, -0.2) is 9.37 Å². The summed E-state index contributed by atoms with van der Waals surface area (Å²) in [7, 11) is 1.44. The number of aromatic nitrogens is 1. The minimum atomic E-state index is -0.660. The number of carbonyl (C=O) groups excluding carboxylic acids is 1. The largest absolute Gasteiger partial charge is 0.394 e. The zero-order valence-corrected chi connectivity index (χ0v) is 9.87. The van der Waals surface area contributed by atoms with E-state index in [1.807, 2.05) is 0 Å². The standard InChI is InChI=1S/C10H12ClFN2O3/c1-17-5-7(4-15)14-10(16)8-2-6(12)3-13-9(8)11/h2-3,7,15H,4-5H2,1H3,(H,14,16). The molecule has 1 aromatic rings. The van der Waals surface area contributed by atoms with E-state index >= 15 is 0 Å². The van der Waals surface area contributed by atoms with Gasteiger partial charge in [-0.05, 0) is 6.07 Å². The molecule has 1 atom stereocenters. The molecule has 7 heteroatoms. The normalized spacial score (nSPS) is 12.2. The average molecular weight is 263 g/mol. The summed E-state index contributed by atoms with van der Waals surface area (Å²) < 4.78 is 17.7. The van der Waals surface area contributed by atoms with E-state index in [4.69, 9.17) is 21.4 Å². The van der Waals surface area contributed by atoms with Gasteiger partial charge in [-0.15, -0.1) is 0 Å². The zero-order valence-electron chi connectivity index (χ0n) is 9.11. The van der Waals surface area contributed by atoms with Gasteiger partial charge in [0.15, 0.2) is 0 Å². The first-order valence-electron chi connectivity index (χ1n) is 4.80. The van der Waals surface area contributed by atoms with Gasteiger partial charge in [0, 0.05) is 7.11 Å². The second-order valence-corrected chi connectivity index (χ2v) is 3.66. The summed E-state index contributed by atoms with van der Waals surface area (Å²) in [5.41, 5.74) is -0.0822. The Kier molecular flexibility index (Phi) is 5.27. The molecule has 1 aromatic heterocycles. The smallest absolute Gasteiger partial charge is 0.254 e. The summed E-state index contributed by atoms with van der Waals surface area (Å²) in [6.45, 7) is -0.150. The van der Waals surface area contributed by atoms with Gasteiger partial charge in [0.25, 0.3) is 5.91 Å². The number of hydrogen-bond acceptors (Lipinski definition) is 4. The van der Waals surface area contributed by atoms with Gasteiger partial charge in [0.1, 0.15) is 11.0 Å². The van der Waals surface area contributed by atoms with Crippen LogP contribution in [0.4, 0.5) is 4.39 Å². The average Bonchev–Trinajstić information content (AvgIpc) is 2.31. The number of aliphatic hydroxyl groups excluding tert-OH is 1. The molecule has 1 unspecified atom stereocenters. The monoisotopic (exact) mass is 262 g/mol. The molecular formula is C10H12ClFN2O3. The fraction of sp³-hybridized carbons (Fsp3) is 0.400. The minimum absolute atomic E-state index is 0.0822. The van der Waals surface area contributed by atoms with Crippen molar-refractivity contribution in [3.8, 4) is 0 Å². The first-order valence-corrected chi connectivity index (χ1v) is 5.18. The van der Waals surface area contributed by atoms with Gasteiger partial charge in [-0.2, -0.15) is 0 Å². The molecule has 2 N–H and O–H groups in total. The summed E-state index contributed by atoms with van der Waals surface area (Å²) >= 11 is 5.66. The quantitative estimate of drug-likeness (QED) is 0.763. The Labute approximate surface area is 103 Å². The highest BCUT2D eigenvalue weighted by atomic mass is 35.5. The van der Waals surface area contributed by atoms with Crippen molar-refractivity contribution >= 4 is 17.5 Å². The van der Waals surface area contributed by atoms with Crippen LogP contribution in [0.5, 0.6) is 0 Å². The third kappa shape index (κ3) is 3.92. The maximum absolute atomic E-state index is 12.9. The van der Waals surface area contributed by atoms with E-state index in [-0.39, 0.29) is 23.9 Å². The minimum Gasteiger partial charge on any atom is -0.394 e. The maximum atomic E-state index is 12.9. The van der Waals surface area contributed by atoms with E-state index in [1.165, 1.54) is 7.11 Å². The lowest BCUT2D eigenvalue weighted by Gasteiger charge is -2.15. The van der Waals surface area contributed by atoms with E-state index in [2.05, 4.69) is 10.3 Å². The van der Waals surface area contributed by atoms with Crippen LogP contribution in [0.1, 0.15) is 10.4 Å². The van der Waals surface area contributed by atoms with Gasteiger partial charge < -0.3 is 15.2 Å². The molecule has 0 radical (unpaired) electrons. The van der Waals surface area contributed by atoms with Crippen molar-refractivity contribution in [1.29, 1.82) is 0 Å². The first-order chi connectivity index (χ1) is 8.08. The molecule has 1 amide bonds. The zero-order chi connectivity index (χ0) is 12.8.